The first-order chi connectivity index (χ1) is 8.95. The molecule has 1 unspecified atom stereocenters. The van der Waals surface area contributed by atoms with Gasteiger partial charge < -0.3 is 20.9 Å². The molecular weight excluding hydrogens is 251 g/mol. The molecule has 0 saturated heterocycles. The van der Waals surface area contributed by atoms with Gasteiger partial charge in [0.05, 0.1) is 18.3 Å². The van der Waals surface area contributed by atoms with Crippen LogP contribution in [0.3, 0.4) is 0 Å². The molecule has 1 amide bonds. The van der Waals surface area contributed by atoms with Crippen molar-refractivity contribution in [1.82, 2.24) is 5.32 Å². The minimum absolute atomic E-state index is 0.0845. The highest BCUT2D eigenvalue weighted by molar-refractivity contribution is 5.95. The van der Waals surface area contributed by atoms with Crippen molar-refractivity contribution in [2.24, 2.45) is 0 Å². The number of aliphatic hydroxyl groups excluding tert-OH is 1. The van der Waals surface area contributed by atoms with Crippen LogP contribution < -0.4 is 11.1 Å². The number of benzene rings is 1. The number of hydrogen-bond acceptors (Lipinski definition) is 4. The van der Waals surface area contributed by atoms with Gasteiger partial charge in [-0.3, -0.25) is 4.79 Å². The van der Waals surface area contributed by atoms with E-state index >= 15 is 0 Å². The second kappa shape index (κ2) is 7.06. The number of ether oxygens (including phenoxy) is 1. The molecule has 0 saturated carbocycles. The Morgan fingerprint density at radius 3 is 2.89 bits per heavy atom. The third-order valence-corrected chi connectivity index (χ3v) is 2.64. The van der Waals surface area contributed by atoms with Crippen molar-refractivity contribution in [1.29, 1.82) is 0 Å². The third-order valence-electron chi connectivity index (χ3n) is 2.64. The molecule has 0 radical (unpaired) electrons. The number of methoxy groups -OCH3 is 1. The van der Waals surface area contributed by atoms with Gasteiger partial charge in [0.2, 0.25) is 0 Å². The Bertz CT molecular complexity index is 452. The number of carbonyl (C=O) groups excluding carboxylic acids is 1. The maximum Gasteiger partial charge on any atom is 0.254 e. The zero-order chi connectivity index (χ0) is 14.4. The van der Waals surface area contributed by atoms with Crippen molar-refractivity contribution < 1.29 is 19.0 Å². The minimum atomic E-state index is -0.655. The molecule has 1 aromatic carbocycles. The SMILES string of the molecule is COCC(O)CCNC(=O)c1cc(N)cc(C)c1F. The lowest BCUT2D eigenvalue weighted by atomic mass is 10.1. The van der Waals surface area contributed by atoms with Crippen LogP contribution >= 0.6 is 0 Å². The average molecular weight is 270 g/mol. The van der Waals surface area contributed by atoms with Gasteiger partial charge in [0, 0.05) is 19.3 Å². The van der Waals surface area contributed by atoms with Crippen molar-refractivity contribution in [2.45, 2.75) is 19.4 Å². The predicted octanol–water partition coefficient (Wildman–Crippen LogP) is 0.844. The fourth-order valence-corrected chi connectivity index (χ4v) is 1.69. The number of carbonyl (C=O) groups is 1. The van der Waals surface area contributed by atoms with E-state index in [4.69, 9.17) is 10.5 Å². The summed E-state index contributed by atoms with van der Waals surface area (Å²) in [5.74, 6) is -1.12. The van der Waals surface area contributed by atoms with Crippen LogP contribution in [0, 0.1) is 12.7 Å². The van der Waals surface area contributed by atoms with Gasteiger partial charge in [-0.05, 0) is 31.0 Å². The first-order valence-corrected chi connectivity index (χ1v) is 5.96. The number of nitrogens with one attached hydrogen (secondary N) is 1. The topological polar surface area (TPSA) is 84.6 Å². The molecule has 1 atom stereocenters. The maximum atomic E-state index is 13.8. The molecule has 0 aliphatic carbocycles. The zero-order valence-electron chi connectivity index (χ0n) is 11.1. The van der Waals surface area contributed by atoms with E-state index in [0.717, 1.165) is 0 Å². The van der Waals surface area contributed by atoms with Crippen LogP contribution in [-0.4, -0.2) is 37.4 Å². The summed E-state index contributed by atoms with van der Waals surface area (Å²) in [5, 5.41) is 11.9. The number of aryl methyl sites for hydroxylation is 1. The Balaban J connectivity index is 2.59. The standard InChI is InChI=1S/C13H19FN2O3/c1-8-5-9(15)6-11(12(8)14)13(18)16-4-3-10(17)7-19-2/h5-6,10,17H,3-4,7,15H2,1-2H3,(H,16,18). The number of nitrogens with two attached hydrogens (primary N) is 1. The van der Waals surface area contributed by atoms with E-state index in [2.05, 4.69) is 5.32 Å². The van der Waals surface area contributed by atoms with Crippen molar-refractivity contribution in [3.05, 3.63) is 29.1 Å². The molecule has 0 aliphatic heterocycles. The number of anilines is 1. The quantitative estimate of drug-likeness (QED) is 0.669. The number of nitrogen functional groups attached to an aromatic ring is 1. The summed E-state index contributed by atoms with van der Waals surface area (Å²) >= 11 is 0. The molecule has 1 aromatic rings. The molecule has 0 aliphatic rings. The largest absolute Gasteiger partial charge is 0.399 e. The van der Waals surface area contributed by atoms with Crippen LogP contribution in [0.1, 0.15) is 22.3 Å². The van der Waals surface area contributed by atoms with E-state index in [1.807, 2.05) is 0 Å². The van der Waals surface area contributed by atoms with Gasteiger partial charge in [0.25, 0.3) is 5.91 Å². The summed E-state index contributed by atoms with van der Waals surface area (Å²) in [5.41, 5.74) is 6.16. The van der Waals surface area contributed by atoms with E-state index in [1.165, 1.54) is 19.2 Å². The number of aliphatic hydroxyl groups is 1. The van der Waals surface area contributed by atoms with Crippen LogP contribution in [-0.2, 0) is 4.74 Å². The highest BCUT2D eigenvalue weighted by Crippen LogP contribution is 2.16. The molecule has 0 aromatic heterocycles. The summed E-state index contributed by atoms with van der Waals surface area (Å²) in [6.07, 6.45) is -0.319. The van der Waals surface area contributed by atoms with E-state index in [-0.39, 0.29) is 18.7 Å². The van der Waals surface area contributed by atoms with Crippen molar-refractivity contribution >= 4 is 11.6 Å². The highest BCUT2D eigenvalue weighted by Gasteiger charge is 2.14. The van der Waals surface area contributed by atoms with Crippen molar-refractivity contribution in [2.75, 3.05) is 26.0 Å². The molecule has 19 heavy (non-hydrogen) atoms. The van der Waals surface area contributed by atoms with Gasteiger partial charge in [0.15, 0.2) is 0 Å². The summed E-state index contributed by atoms with van der Waals surface area (Å²) in [6.45, 7) is 1.98. The number of amides is 1. The van der Waals surface area contributed by atoms with E-state index in [9.17, 15) is 14.3 Å². The molecule has 0 heterocycles. The molecule has 0 fully saturated rings. The third kappa shape index (κ3) is 4.50. The Morgan fingerprint density at radius 1 is 1.58 bits per heavy atom. The summed E-state index contributed by atoms with van der Waals surface area (Å²) in [7, 11) is 1.48. The van der Waals surface area contributed by atoms with Crippen molar-refractivity contribution in [3.8, 4) is 0 Å². The fourth-order valence-electron chi connectivity index (χ4n) is 1.69. The molecule has 0 spiro atoms. The van der Waals surface area contributed by atoms with Crippen molar-refractivity contribution in [3.63, 3.8) is 0 Å². The molecule has 1 rings (SSSR count). The molecule has 106 valence electrons. The number of halogens is 1. The lowest BCUT2D eigenvalue weighted by molar-refractivity contribution is 0.0587. The highest BCUT2D eigenvalue weighted by atomic mass is 19.1. The Morgan fingerprint density at radius 2 is 2.26 bits per heavy atom. The molecular formula is C13H19FN2O3. The van der Waals surface area contributed by atoms with Gasteiger partial charge in [-0.2, -0.15) is 0 Å². The second-order valence-electron chi connectivity index (χ2n) is 4.35. The Kier molecular flexibility index (Phi) is 5.72. The number of hydrogen-bond donors (Lipinski definition) is 3. The van der Waals surface area contributed by atoms with Gasteiger partial charge in [-0.1, -0.05) is 0 Å². The summed E-state index contributed by atoms with van der Waals surface area (Å²) < 4.78 is 18.5. The molecule has 5 nitrogen and oxygen atoms in total. The van der Waals surface area contributed by atoms with Gasteiger partial charge in [-0.25, -0.2) is 4.39 Å². The van der Waals surface area contributed by atoms with E-state index < -0.39 is 17.8 Å². The second-order valence-corrected chi connectivity index (χ2v) is 4.35. The monoisotopic (exact) mass is 270 g/mol. The Hall–Kier alpha value is -1.66. The lowest BCUT2D eigenvalue weighted by Gasteiger charge is -2.11. The summed E-state index contributed by atoms with van der Waals surface area (Å²) in [4.78, 5) is 11.8. The van der Waals surface area contributed by atoms with Crippen LogP contribution in [0.5, 0.6) is 0 Å². The van der Waals surface area contributed by atoms with Crippen LogP contribution in [0.4, 0.5) is 10.1 Å². The van der Waals surface area contributed by atoms with Gasteiger partial charge in [-0.15, -0.1) is 0 Å². The van der Waals surface area contributed by atoms with Crippen LogP contribution in [0.2, 0.25) is 0 Å². The van der Waals surface area contributed by atoms with Gasteiger partial charge >= 0.3 is 0 Å². The maximum absolute atomic E-state index is 13.8. The first-order valence-electron chi connectivity index (χ1n) is 5.96. The average Bonchev–Trinajstić information content (AvgIpc) is 2.33. The first kappa shape index (κ1) is 15.4. The predicted molar refractivity (Wildman–Crippen MR) is 70.4 cm³/mol. The summed E-state index contributed by atoms with van der Waals surface area (Å²) in [6, 6.07) is 2.76. The minimum Gasteiger partial charge on any atom is -0.399 e. The zero-order valence-corrected chi connectivity index (χ0v) is 11.1. The molecule has 6 heteroatoms. The van der Waals surface area contributed by atoms with E-state index in [0.29, 0.717) is 17.7 Å². The van der Waals surface area contributed by atoms with E-state index in [1.54, 1.807) is 6.92 Å². The normalized spacial score (nSPS) is 12.2. The smallest absolute Gasteiger partial charge is 0.254 e. The van der Waals surface area contributed by atoms with Crippen LogP contribution in [0.15, 0.2) is 12.1 Å². The fraction of sp³-hybridized carbons (Fsp3) is 0.462. The Labute approximate surface area is 111 Å². The lowest BCUT2D eigenvalue weighted by Crippen LogP contribution is -2.29. The van der Waals surface area contributed by atoms with Gasteiger partial charge in [0.1, 0.15) is 5.82 Å². The van der Waals surface area contributed by atoms with Crippen LogP contribution in [0.25, 0.3) is 0 Å². The molecule has 4 N–H and O–H groups in total. The number of rotatable bonds is 6. The molecule has 0 bridgehead atoms.